The summed E-state index contributed by atoms with van der Waals surface area (Å²) in [6.07, 6.45) is 1.57. The van der Waals surface area contributed by atoms with Crippen molar-refractivity contribution in [3.8, 4) is 5.75 Å². The molecule has 1 heterocycles. The topological polar surface area (TPSA) is 84.7 Å². The molecule has 7 heteroatoms. The van der Waals surface area contributed by atoms with Crippen molar-refractivity contribution >= 4 is 11.9 Å². The normalized spacial score (nSPS) is 10.4. The van der Waals surface area contributed by atoms with Crippen LogP contribution in [0.5, 0.6) is 5.75 Å². The van der Waals surface area contributed by atoms with Crippen molar-refractivity contribution in [2.45, 2.75) is 13.5 Å². The van der Waals surface area contributed by atoms with E-state index in [1.807, 2.05) is 6.92 Å². The van der Waals surface area contributed by atoms with Crippen molar-refractivity contribution in [2.75, 3.05) is 13.7 Å². The van der Waals surface area contributed by atoms with Crippen LogP contribution in [0.3, 0.4) is 0 Å². The highest BCUT2D eigenvalue weighted by Gasteiger charge is 2.17. The van der Waals surface area contributed by atoms with E-state index in [0.29, 0.717) is 17.9 Å². The van der Waals surface area contributed by atoms with Crippen molar-refractivity contribution < 1.29 is 19.4 Å². The van der Waals surface area contributed by atoms with Gasteiger partial charge in [-0.15, -0.1) is 0 Å². The van der Waals surface area contributed by atoms with Crippen molar-refractivity contribution in [1.29, 1.82) is 0 Å². The average molecular weight is 317 g/mol. The lowest BCUT2D eigenvalue weighted by Gasteiger charge is -2.17. The minimum absolute atomic E-state index is 0.0956. The van der Waals surface area contributed by atoms with Crippen molar-refractivity contribution in [3.63, 3.8) is 0 Å². The Bertz CT molecular complexity index is 707. The van der Waals surface area contributed by atoms with E-state index < -0.39 is 5.97 Å². The van der Waals surface area contributed by atoms with Crippen LogP contribution in [0.4, 0.5) is 0 Å². The molecule has 1 aromatic heterocycles. The van der Waals surface area contributed by atoms with Crippen LogP contribution in [0, 0.1) is 6.92 Å². The van der Waals surface area contributed by atoms with Crippen LogP contribution in [-0.4, -0.2) is 45.3 Å². The van der Waals surface area contributed by atoms with Crippen molar-refractivity contribution in [2.24, 2.45) is 7.05 Å². The molecule has 2 rings (SSSR count). The number of carbonyl (C=O) groups is 2. The van der Waals surface area contributed by atoms with Gasteiger partial charge in [0.1, 0.15) is 5.75 Å². The number of benzene rings is 1. The lowest BCUT2D eigenvalue weighted by atomic mass is 10.2. The third-order valence-electron chi connectivity index (χ3n) is 3.52. The predicted molar refractivity (Wildman–Crippen MR) is 83.3 cm³/mol. The number of hydrogen-bond acceptors (Lipinski definition) is 4. The first-order chi connectivity index (χ1) is 10.9. The zero-order valence-corrected chi connectivity index (χ0v) is 13.3. The molecular formula is C16H19N3O4. The summed E-state index contributed by atoms with van der Waals surface area (Å²) in [6, 6.07) is 6.98. The fourth-order valence-electron chi connectivity index (χ4n) is 2.10. The molecule has 23 heavy (non-hydrogen) atoms. The number of carboxylic acid groups (broad SMARTS) is 1. The fraction of sp³-hybridized carbons (Fsp3) is 0.312. The molecule has 0 fully saturated rings. The van der Waals surface area contributed by atoms with Crippen LogP contribution >= 0.6 is 0 Å². The second-order valence-corrected chi connectivity index (χ2v) is 5.25. The van der Waals surface area contributed by atoms with Gasteiger partial charge < -0.3 is 14.7 Å². The van der Waals surface area contributed by atoms with E-state index in [1.165, 1.54) is 0 Å². The van der Waals surface area contributed by atoms with E-state index in [1.54, 1.807) is 54.1 Å². The molecule has 0 aliphatic carbocycles. The second kappa shape index (κ2) is 6.95. The molecule has 0 aliphatic heterocycles. The molecule has 122 valence electrons. The Morgan fingerprint density at radius 2 is 1.96 bits per heavy atom. The monoisotopic (exact) mass is 317 g/mol. The minimum Gasteiger partial charge on any atom is -0.482 e. The molecule has 0 saturated carbocycles. The molecule has 0 bridgehead atoms. The van der Waals surface area contributed by atoms with Crippen LogP contribution in [-0.2, 0) is 18.4 Å². The van der Waals surface area contributed by atoms with Gasteiger partial charge in [-0.2, -0.15) is 5.10 Å². The zero-order valence-electron chi connectivity index (χ0n) is 13.3. The number of aromatic nitrogens is 2. The third kappa shape index (κ3) is 4.09. The number of carbonyl (C=O) groups excluding carboxylic acids is 1. The lowest BCUT2D eigenvalue weighted by molar-refractivity contribution is -0.139. The van der Waals surface area contributed by atoms with Crippen LogP contribution in [0.2, 0.25) is 0 Å². The van der Waals surface area contributed by atoms with Crippen molar-refractivity contribution in [1.82, 2.24) is 14.7 Å². The highest BCUT2D eigenvalue weighted by Crippen LogP contribution is 2.15. The van der Waals surface area contributed by atoms with Gasteiger partial charge in [-0.3, -0.25) is 9.48 Å². The predicted octanol–water partition coefficient (Wildman–Crippen LogP) is 1.46. The van der Waals surface area contributed by atoms with Gasteiger partial charge >= 0.3 is 5.97 Å². The highest BCUT2D eigenvalue weighted by atomic mass is 16.5. The van der Waals surface area contributed by atoms with Gasteiger partial charge in [0, 0.05) is 26.3 Å². The van der Waals surface area contributed by atoms with Gasteiger partial charge in [-0.1, -0.05) is 12.1 Å². The summed E-state index contributed by atoms with van der Waals surface area (Å²) in [5.74, 6) is -0.638. The molecule has 0 aliphatic rings. The molecule has 7 nitrogen and oxygen atoms in total. The minimum atomic E-state index is -1.02. The molecule has 0 spiro atoms. The van der Waals surface area contributed by atoms with E-state index >= 15 is 0 Å². The molecule has 0 unspecified atom stereocenters. The first-order valence-electron chi connectivity index (χ1n) is 7.06. The zero-order chi connectivity index (χ0) is 17.0. The number of aliphatic carboxylic acids is 1. The number of hydrogen-bond donors (Lipinski definition) is 1. The van der Waals surface area contributed by atoms with Crippen LogP contribution in [0.15, 0.2) is 30.5 Å². The maximum atomic E-state index is 12.4. The standard InChI is InChI=1S/C16H19N3O4/c1-11-14(8-17-19(11)3)16(22)18(2)9-12-4-6-13(7-5-12)23-10-15(20)21/h4-8H,9-10H2,1-3H3,(H,20,21). The maximum Gasteiger partial charge on any atom is 0.341 e. The Morgan fingerprint density at radius 1 is 1.30 bits per heavy atom. The number of amides is 1. The van der Waals surface area contributed by atoms with Gasteiger partial charge in [0.2, 0.25) is 0 Å². The van der Waals surface area contributed by atoms with Crippen LogP contribution in [0.25, 0.3) is 0 Å². The largest absolute Gasteiger partial charge is 0.482 e. The summed E-state index contributed by atoms with van der Waals surface area (Å²) in [7, 11) is 3.52. The molecule has 1 aromatic carbocycles. The Balaban J connectivity index is 1.99. The molecular weight excluding hydrogens is 298 g/mol. The average Bonchev–Trinajstić information content (AvgIpc) is 2.85. The number of carboxylic acids is 1. The molecule has 0 saturated heterocycles. The lowest BCUT2D eigenvalue weighted by Crippen LogP contribution is -2.26. The number of ether oxygens (including phenoxy) is 1. The summed E-state index contributed by atoms with van der Waals surface area (Å²) < 4.78 is 6.73. The van der Waals surface area contributed by atoms with E-state index in [4.69, 9.17) is 9.84 Å². The summed E-state index contributed by atoms with van der Waals surface area (Å²) in [5, 5.41) is 12.6. The number of aryl methyl sites for hydroxylation is 1. The van der Waals surface area contributed by atoms with E-state index in [0.717, 1.165) is 11.3 Å². The summed E-state index contributed by atoms with van der Waals surface area (Å²) in [5.41, 5.74) is 2.32. The van der Waals surface area contributed by atoms with Crippen LogP contribution in [0.1, 0.15) is 21.6 Å². The molecule has 2 aromatic rings. The summed E-state index contributed by atoms with van der Waals surface area (Å²) in [6.45, 7) is 1.91. The van der Waals surface area contributed by atoms with E-state index in [9.17, 15) is 9.59 Å². The maximum absolute atomic E-state index is 12.4. The van der Waals surface area contributed by atoms with Crippen molar-refractivity contribution in [3.05, 3.63) is 47.3 Å². The Kier molecular flexibility index (Phi) is 5.00. The SMILES string of the molecule is Cc1c(C(=O)N(C)Cc2ccc(OCC(=O)O)cc2)cnn1C. The number of rotatable bonds is 6. The second-order valence-electron chi connectivity index (χ2n) is 5.25. The highest BCUT2D eigenvalue weighted by molar-refractivity contribution is 5.94. The fourth-order valence-corrected chi connectivity index (χ4v) is 2.10. The molecule has 0 radical (unpaired) electrons. The number of nitrogens with zero attached hydrogens (tertiary/aromatic N) is 3. The quantitative estimate of drug-likeness (QED) is 0.872. The third-order valence-corrected chi connectivity index (χ3v) is 3.52. The van der Waals surface area contributed by atoms with Crippen LogP contribution < -0.4 is 4.74 Å². The smallest absolute Gasteiger partial charge is 0.341 e. The first kappa shape index (κ1) is 16.5. The molecule has 1 N–H and O–H groups in total. The van der Waals surface area contributed by atoms with Gasteiger partial charge in [0.25, 0.3) is 5.91 Å². The molecule has 0 atom stereocenters. The van der Waals surface area contributed by atoms with Gasteiger partial charge in [0.15, 0.2) is 6.61 Å². The van der Waals surface area contributed by atoms with Gasteiger partial charge in [0.05, 0.1) is 11.8 Å². The Morgan fingerprint density at radius 3 is 2.48 bits per heavy atom. The summed E-state index contributed by atoms with van der Waals surface area (Å²) >= 11 is 0. The summed E-state index contributed by atoms with van der Waals surface area (Å²) in [4.78, 5) is 24.5. The van der Waals surface area contributed by atoms with E-state index in [-0.39, 0.29) is 12.5 Å². The van der Waals surface area contributed by atoms with Gasteiger partial charge in [-0.05, 0) is 24.6 Å². The Hall–Kier alpha value is -2.83. The Labute approximate surface area is 134 Å². The first-order valence-corrected chi connectivity index (χ1v) is 7.06. The van der Waals surface area contributed by atoms with E-state index in [2.05, 4.69) is 5.10 Å². The van der Waals surface area contributed by atoms with Gasteiger partial charge in [-0.25, -0.2) is 4.79 Å². The molecule has 1 amide bonds.